The zero-order chi connectivity index (χ0) is 20.5. The fourth-order valence-corrected chi connectivity index (χ4v) is 3.17. The molecule has 4 atom stereocenters. The van der Waals surface area contributed by atoms with E-state index in [1.54, 1.807) is 0 Å². The lowest BCUT2D eigenvalue weighted by atomic mass is 10.1. The number of hydrogen-bond donors (Lipinski definition) is 6. The van der Waals surface area contributed by atoms with E-state index >= 15 is 0 Å². The first-order valence-electron chi connectivity index (χ1n) is 8.81. The van der Waals surface area contributed by atoms with Crippen LogP contribution >= 0.6 is 0 Å². The summed E-state index contributed by atoms with van der Waals surface area (Å²) in [4.78, 5) is 28.3. The molecule has 29 heavy (non-hydrogen) atoms. The number of anilines is 2. The Hall–Kier alpha value is -3.03. The highest BCUT2D eigenvalue weighted by molar-refractivity contribution is 5.74. The number of nitrogens with one attached hydrogen (secondary N) is 2. The van der Waals surface area contributed by atoms with Crippen LogP contribution in [-0.2, 0) is 16.2 Å². The van der Waals surface area contributed by atoms with Gasteiger partial charge in [0.15, 0.2) is 17.4 Å². The van der Waals surface area contributed by atoms with E-state index in [1.165, 1.54) is 4.57 Å². The van der Waals surface area contributed by atoms with Gasteiger partial charge in [-0.2, -0.15) is 4.98 Å². The number of nitrogen functional groups attached to an aromatic ring is 1. The molecule has 0 aliphatic carbocycles. The van der Waals surface area contributed by atoms with Gasteiger partial charge in [-0.1, -0.05) is 30.3 Å². The second-order valence-electron chi connectivity index (χ2n) is 6.53. The first-order valence-corrected chi connectivity index (χ1v) is 8.81. The fraction of sp³-hybridized carbons (Fsp3) is 0.353. The molecule has 3 heterocycles. The molecule has 4 rings (SSSR count). The van der Waals surface area contributed by atoms with Crippen LogP contribution in [0.1, 0.15) is 11.8 Å². The van der Waals surface area contributed by atoms with Gasteiger partial charge in [0.25, 0.3) is 5.56 Å². The SMILES string of the molecule is Nc1nc2c(nc(NOCc3ccccc3)n2[C@@H]2O[C@H](CO)[C@@H](O)[C@H]2O)c(=O)[nH]1. The Bertz CT molecular complexity index is 1050. The standard InChI is InChI=1S/C17H20N6O6/c18-16-20-13-10(14(27)21-16)19-17(22-28-7-8-4-2-1-3-5-8)23(13)15-12(26)11(25)9(6-24)29-15/h1-5,9,11-12,15,24-26H,6-7H2,(H,19,22)(H3,18,20,21,27)/t9-,11-,12-,15-/m1/s1. The van der Waals surface area contributed by atoms with Crippen LogP contribution in [0.15, 0.2) is 35.1 Å². The second-order valence-corrected chi connectivity index (χ2v) is 6.53. The summed E-state index contributed by atoms with van der Waals surface area (Å²) in [7, 11) is 0. The summed E-state index contributed by atoms with van der Waals surface area (Å²) in [5.74, 6) is -0.151. The molecule has 2 aromatic heterocycles. The molecule has 1 fully saturated rings. The molecule has 0 saturated carbocycles. The van der Waals surface area contributed by atoms with Crippen molar-refractivity contribution in [1.82, 2.24) is 19.5 Å². The van der Waals surface area contributed by atoms with E-state index in [0.29, 0.717) is 0 Å². The zero-order valence-electron chi connectivity index (χ0n) is 15.1. The molecular weight excluding hydrogens is 384 g/mol. The molecule has 12 heteroatoms. The number of H-pyrrole nitrogens is 1. The van der Waals surface area contributed by atoms with Crippen LogP contribution in [0.4, 0.5) is 11.9 Å². The third-order valence-corrected chi connectivity index (χ3v) is 4.59. The average molecular weight is 404 g/mol. The maximum absolute atomic E-state index is 12.2. The van der Waals surface area contributed by atoms with Gasteiger partial charge >= 0.3 is 0 Å². The lowest BCUT2D eigenvalue weighted by molar-refractivity contribution is -0.0508. The number of rotatable bonds is 6. The first-order chi connectivity index (χ1) is 14.0. The Kier molecular flexibility index (Phi) is 5.17. The van der Waals surface area contributed by atoms with Crippen LogP contribution in [0.25, 0.3) is 11.2 Å². The third-order valence-electron chi connectivity index (χ3n) is 4.59. The Morgan fingerprint density at radius 3 is 2.69 bits per heavy atom. The largest absolute Gasteiger partial charge is 0.394 e. The minimum Gasteiger partial charge on any atom is -0.394 e. The van der Waals surface area contributed by atoms with Crippen molar-refractivity contribution in [2.75, 3.05) is 17.8 Å². The molecule has 154 valence electrons. The van der Waals surface area contributed by atoms with Gasteiger partial charge in [0, 0.05) is 0 Å². The Labute approximate surface area is 163 Å². The van der Waals surface area contributed by atoms with Crippen molar-refractivity contribution in [2.45, 2.75) is 31.1 Å². The number of benzene rings is 1. The van der Waals surface area contributed by atoms with E-state index in [1.807, 2.05) is 30.3 Å². The van der Waals surface area contributed by atoms with Gasteiger partial charge < -0.3 is 25.8 Å². The summed E-state index contributed by atoms with van der Waals surface area (Å²) in [6.45, 7) is -0.323. The van der Waals surface area contributed by atoms with E-state index in [0.717, 1.165) is 5.56 Å². The fourth-order valence-electron chi connectivity index (χ4n) is 3.17. The van der Waals surface area contributed by atoms with Gasteiger partial charge in [-0.3, -0.25) is 19.2 Å². The van der Waals surface area contributed by atoms with Crippen molar-refractivity contribution in [1.29, 1.82) is 0 Å². The molecule has 0 amide bonds. The summed E-state index contributed by atoms with van der Waals surface area (Å²) in [6.07, 6.45) is -4.98. The number of aromatic amines is 1. The maximum Gasteiger partial charge on any atom is 0.280 e. The third kappa shape index (κ3) is 3.54. The summed E-state index contributed by atoms with van der Waals surface area (Å²) in [6, 6.07) is 9.33. The Morgan fingerprint density at radius 1 is 1.24 bits per heavy atom. The number of aliphatic hydroxyl groups excluding tert-OH is 3. The molecule has 3 aromatic rings. The van der Waals surface area contributed by atoms with Crippen LogP contribution in [-0.4, -0.2) is 59.8 Å². The number of nitrogens with zero attached hydrogens (tertiary/aromatic N) is 3. The molecule has 0 unspecified atom stereocenters. The van der Waals surface area contributed by atoms with Crippen LogP contribution in [0, 0.1) is 0 Å². The van der Waals surface area contributed by atoms with Crippen molar-refractivity contribution in [3.63, 3.8) is 0 Å². The van der Waals surface area contributed by atoms with Gasteiger partial charge in [0.2, 0.25) is 11.9 Å². The highest BCUT2D eigenvalue weighted by Crippen LogP contribution is 2.33. The minimum atomic E-state index is -1.42. The van der Waals surface area contributed by atoms with Gasteiger partial charge in [-0.25, -0.2) is 10.5 Å². The van der Waals surface area contributed by atoms with Gasteiger partial charge in [-0.15, -0.1) is 0 Å². The Morgan fingerprint density at radius 2 is 2.00 bits per heavy atom. The van der Waals surface area contributed by atoms with Crippen molar-refractivity contribution >= 4 is 23.1 Å². The first kappa shape index (κ1) is 19.3. The molecule has 1 saturated heterocycles. The summed E-state index contributed by atoms with van der Waals surface area (Å²) in [5.41, 5.74) is 8.51. The number of aromatic nitrogens is 4. The molecule has 1 aromatic carbocycles. The van der Waals surface area contributed by atoms with Crippen molar-refractivity contribution in [2.24, 2.45) is 0 Å². The van der Waals surface area contributed by atoms with E-state index in [-0.39, 0.29) is 29.7 Å². The Balaban J connectivity index is 1.70. The summed E-state index contributed by atoms with van der Waals surface area (Å²) in [5, 5.41) is 29.9. The van der Waals surface area contributed by atoms with Crippen molar-refractivity contribution < 1.29 is 24.9 Å². The second kappa shape index (κ2) is 7.77. The molecule has 1 aliphatic rings. The van der Waals surface area contributed by atoms with Crippen molar-refractivity contribution in [3.8, 4) is 0 Å². The predicted octanol–water partition coefficient (Wildman–Crippen LogP) is -1.14. The predicted molar refractivity (Wildman–Crippen MR) is 100 cm³/mol. The van der Waals surface area contributed by atoms with Crippen molar-refractivity contribution in [3.05, 3.63) is 46.2 Å². The monoisotopic (exact) mass is 404 g/mol. The highest BCUT2D eigenvalue weighted by Gasteiger charge is 2.45. The van der Waals surface area contributed by atoms with E-state index in [9.17, 15) is 20.1 Å². The van der Waals surface area contributed by atoms with Gasteiger partial charge in [0.1, 0.15) is 18.3 Å². The summed E-state index contributed by atoms with van der Waals surface area (Å²) >= 11 is 0. The van der Waals surface area contributed by atoms with Gasteiger partial charge in [0.05, 0.1) is 13.2 Å². The van der Waals surface area contributed by atoms with E-state index in [4.69, 9.17) is 15.3 Å². The number of nitrogens with two attached hydrogens (primary N) is 1. The smallest absolute Gasteiger partial charge is 0.280 e. The van der Waals surface area contributed by atoms with E-state index in [2.05, 4.69) is 20.4 Å². The maximum atomic E-state index is 12.2. The highest BCUT2D eigenvalue weighted by atomic mass is 16.6. The van der Waals surface area contributed by atoms with Crippen LogP contribution < -0.4 is 16.8 Å². The number of hydrogen-bond acceptors (Lipinski definition) is 10. The lowest BCUT2D eigenvalue weighted by Crippen LogP contribution is -2.33. The van der Waals surface area contributed by atoms with Crippen LogP contribution in [0.2, 0.25) is 0 Å². The normalized spacial score (nSPS) is 24.2. The molecular formula is C17H20N6O6. The minimum absolute atomic E-state index is 0.00868. The molecule has 1 aliphatic heterocycles. The van der Waals surface area contributed by atoms with Crippen LogP contribution in [0.3, 0.4) is 0 Å². The zero-order valence-corrected chi connectivity index (χ0v) is 15.1. The number of aliphatic hydroxyl groups is 3. The number of ether oxygens (including phenoxy) is 1. The number of fused-ring (bicyclic) bond motifs is 1. The average Bonchev–Trinajstić information content (AvgIpc) is 3.20. The molecule has 0 bridgehead atoms. The molecule has 0 radical (unpaired) electrons. The summed E-state index contributed by atoms with van der Waals surface area (Å²) < 4.78 is 6.82. The molecule has 0 spiro atoms. The molecule has 7 N–H and O–H groups in total. The quantitative estimate of drug-likeness (QED) is 0.275. The number of imidazole rings is 1. The van der Waals surface area contributed by atoms with Crippen LogP contribution in [0.5, 0.6) is 0 Å². The lowest BCUT2D eigenvalue weighted by Gasteiger charge is -2.19. The topological polar surface area (TPSA) is 181 Å². The van der Waals surface area contributed by atoms with Gasteiger partial charge in [-0.05, 0) is 5.56 Å². The molecule has 12 nitrogen and oxygen atoms in total. The van der Waals surface area contributed by atoms with E-state index < -0.39 is 36.7 Å².